The van der Waals surface area contributed by atoms with Gasteiger partial charge in [-0.1, -0.05) is 0 Å². The SMILES string of the molecule is CC1(C)OB(c2cnn(-c3cccnn3)n2)OC1(C)C. The number of rotatable bonds is 2. The Labute approximate surface area is 117 Å². The van der Waals surface area contributed by atoms with Crippen LogP contribution in [0.2, 0.25) is 0 Å². The summed E-state index contributed by atoms with van der Waals surface area (Å²) in [7, 11) is -0.523. The second-order valence-corrected chi connectivity index (χ2v) is 5.73. The molecule has 0 saturated carbocycles. The zero-order chi connectivity index (χ0) is 14.4. The lowest BCUT2D eigenvalue weighted by Gasteiger charge is -2.32. The molecule has 1 saturated heterocycles. The first-order chi connectivity index (χ1) is 9.39. The molecule has 0 spiro atoms. The van der Waals surface area contributed by atoms with Crippen molar-refractivity contribution in [2.75, 3.05) is 0 Å². The number of aromatic nitrogens is 5. The van der Waals surface area contributed by atoms with Gasteiger partial charge in [-0.2, -0.15) is 15.3 Å². The highest BCUT2D eigenvalue weighted by atomic mass is 16.7. The van der Waals surface area contributed by atoms with Crippen molar-refractivity contribution in [3.8, 4) is 5.82 Å². The molecular formula is C12H16BN5O2. The Kier molecular flexibility index (Phi) is 2.88. The molecule has 2 aromatic rings. The molecule has 0 radical (unpaired) electrons. The zero-order valence-corrected chi connectivity index (χ0v) is 11.9. The van der Waals surface area contributed by atoms with Crippen molar-refractivity contribution in [3.05, 3.63) is 24.5 Å². The molecule has 0 aromatic carbocycles. The maximum atomic E-state index is 5.93. The van der Waals surface area contributed by atoms with Crippen molar-refractivity contribution in [2.24, 2.45) is 0 Å². The van der Waals surface area contributed by atoms with Gasteiger partial charge >= 0.3 is 7.12 Å². The van der Waals surface area contributed by atoms with Crippen molar-refractivity contribution >= 4 is 12.7 Å². The highest BCUT2D eigenvalue weighted by Gasteiger charge is 2.52. The third-order valence-electron chi connectivity index (χ3n) is 3.77. The van der Waals surface area contributed by atoms with Gasteiger partial charge < -0.3 is 9.31 Å². The fraction of sp³-hybridized carbons (Fsp3) is 0.500. The number of hydrogen-bond acceptors (Lipinski definition) is 6. The van der Waals surface area contributed by atoms with Gasteiger partial charge in [0.05, 0.1) is 17.4 Å². The van der Waals surface area contributed by atoms with E-state index in [-0.39, 0.29) is 0 Å². The first kappa shape index (κ1) is 13.2. The first-order valence-electron chi connectivity index (χ1n) is 6.45. The molecule has 1 fully saturated rings. The fourth-order valence-corrected chi connectivity index (χ4v) is 1.86. The molecule has 8 heteroatoms. The van der Waals surface area contributed by atoms with E-state index in [2.05, 4.69) is 20.4 Å². The molecular weight excluding hydrogens is 257 g/mol. The minimum Gasteiger partial charge on any atom is -0.398 e. The van der Waals surface area contributed by atoms with Crippen molar-refractivity contribution in [3.63, 3.8) is 0 Å². The Bertz CT molecular complexity index is 597. The van der Waals surface area contributed by atoms with Gasteiger partial charge in [0.1, 0.15) is 5.59 Å². The number of hydrogen-bond donors (Lipinski definition) is 0. The van der Waals surface area contributed by atoms with Crippen LogP contribution >= 0.6 is 0 Å². The summed E-state index contributed by atoms with van der Waals surface area (Å²) in [5.74, 6) is 0.551. The summed E-state index contributed by atoms with van der Waals surface area (Å²) >= 11 is 0. The first-order valence-corrected chi connectivity index (χ1v) is 6.45. The molecule has 104 valence electrons. The maximum Gasteiger partial charge on any atom is 0.518 e. The summed E-state index contributed by atoms with van der Waals surface area (Å²) in [5.41, 5.74) is -0.170. The molecule has 0 unspecified atom stereocenters. The minimum atomic E-state index is -0.523. The van der Waals surface area contributed by atoms with Gasteiger partial charge in [-0.25, -0.2) is 0 Å². The van der Waals surface area contributed by atoms with Crippen LogP contribution in [-0.4, -0.2) is 43.5 Å². The van der Waals surface area contributed by atoms with Crippen LogP contribution in [0.5, 0.6) is 0 Å². The Morgan fingerprint density at radius 3 is 2.45 bits per heavy atom. The predicted molar refractivity (Wildman–Crippen MR) is 72.7 cm³/mol. The summed E-state index contributed by atoms with van der Waals surface area (Å²) < 4.78 is 11.9. The molecule has 1 aliphatic heterocycles. The lowest BCUT2D eigenvalue weighted by atomic mass is 9.86. The summed E-state index contributed by atoms with van der Waals surface area (Å²) in [6.45, 7) is 8.00. The standard InChI is InChI=1S/C12H16BN5O2/c1-11(2)12(3,4)20-13(19-11)9-8-15-18(17-9)10-6-5-7-14-16-10/h5-8H,1-4H3. The Morgan fingerprint density at radius 2 is 1.85 bits per heavy atom. The molecule has 3 heterocycles. The lowest BCUT2D eigenvalue weighted by Crippen LogP contribution is -2.41. The van der Waals surface area contributed by atoms with Crippen molar-refractivity contribution in [2.45, 2.75) is 38.9 Å². The van der Waals surface area contributed by atoms with E-state index in [4.69, 9.17) is 9.31 Å². The van der Waals surface area contributed by atoms with Gasteiger partial charge in [-0.15, -0.1) is 9.90 Å². The van der Waals surface area contributed by atoms with Crippen LogP contribution in [0.3, 0.4) is 0 Å². The van der Waals surface area contributed by atoms with E-state index in [1.54, 1.807) is 24.5 Å². The minimum absolute atomic E-state index is 0.395. The molecule has 0 aliphatic carbocycles. The monoisotopic (exact) mass is 273 g/mol. The van der Waals surface area contributed by atoms with Gasteiger partial charge in [-0.05, 0) is 39.8 Å². The topological polar surface area (TPSA) is 75.0 Å². The Hall–Kier alpha value is -1.80. The quantitative estimate of drug-likeness (QED) is 0.735. The van der Waals surface area contributed by atoms with Gasteiger partial charge in [0.25, 0.3) is 0 Å². The van der Waals surface area contributed by atoms with Crippen molar-refractivity contribution in [1.82, 2.24) is 25.2 Å². The van der Waals surface area contributed by atoms with Gasteiger partial charge in [0.15, 0.2) is 5.82 Å². The molecule has 0 atom stereocenters. The summed E-state index contributed by atoms with van der Waals surface area (Å²) in [4.78, 5) is 1.41. The molecule has 2 aromatic heterocycles. The molecule has 0 bridgehead atoms. The number of nitrogens with zero attached hydrogens (tertiary/aromatic N) is 5. The Balaban J connectivity index is 1.86. The fourth-order valence-electron chi connectivity index (χ4n) is 1.86. The van der Waals surface area contributed by atoms with E-state index in [1.807, 2.05) is 27.7 Å². The second kappa shape index (κ2) is 4.36. The van der Waals surface area contributed by atoms with Gasteiger partial charge in [-0.3, -0.25) is 0 Å². The van der Waals surface area contributed by atoms with Crippen LogP contribution in [0.15, 0.2) is 24.5 Å². The van der Waals surface area contributed by atoms with E-state index in [0.717, 1.165) is 0 Å². The van der Waals surface area contributed by atoms with Crippen LogP contribution in [0.1, 0.15) is 27.7 Å². The van der Waals surface area contributed by atoms with E-state index < -0.39 is 18.3 Å². The molecule has 1 aliphatic rings. The maximum absolute atomic E-state index is 5.93. The Morgan fingerprint density at radius 1 is 1.15 bits per heavy atom. The summed E-state index contributed by atoms with van der Waals surface area (Å²) in [6.07, 6.45) is 3.22. The third-order valence-corrected chi connectivity index (χ3v) is 3.77. The highest BCUT2D eigenvalue weighted by Crippen LogP contribution is 2.36. The largest absolute Gasteiger partial charge is 0.518 e. The molecule has 7 nitrogen and oxygen atoms in total. The van der Waals surface area contributed by atoms with Crippen molar-refractivity contribution < 1.29 is 9.31 Å². The van der Waals surface area contributed by atoms with Crippen LogP contribution in [-0.2, 0) is 9.31 Å². The molecule has 20 heavy (non-hydrogen) atoms. The normalized spacial score (nSPS) is 20.3. The summed E-state index contributed by atoms with van der Waals surface area (Å²) in [5, 5.41) is 16.3. The average Bonchev–Trinajstić information content (AvgIpc) is 2.94. The van der Waals surface area contributed by atoms with Crippen molar-refractivity contribution in [1.29, 1.82) is 0 Å². The predicted octanol–water partition coefficient (Wildman–Crippen LogP) is 0.356. The average molecular weight is 273 g/mol. The smallest absolute Gasteiger partial charge is 0.398 e. The van der Waals surface area contributed by atoms with E-state index in [1.165, 1.54) is 4.80 Å². The van der Waals surface area contributed by atoms with E-state index in [9.17, 15) is 0 Å². The van der Waals surface area contributed by atoms with Crippen LogP contribution in [0, 0.1) is 0 Å². The van der Waals surface area contributed by atoms with Gasteiger partial charge in [0.2, 0.25) is 0 Å². The lowest BCUT2D eigenvalue weighted by molar-refractivity contribution is 0.00578. The zero-order valence-electron chi connectivity index (χ0n) is 11.9. The van der Waals surface area contributed by atoms with Gasteiger partial charge in [0, 0.05) is 6.20 Å². The molecule has 0 N–H and O–H groups in total. The van der Waals surface area contributed by atoms with E-state index >= 15 is 0 Å². The molecule has 3 rings (SSSR count). The second-order valence-electron chi connectivity index (χ2n) is 5.73. The van der Waals surface area contributed by atoms with E-state index in [0.29, 0.717) is 11.4 Å². The van der Waals surface area contributed by atoms with Crippen LogP contribution in [0.25, 0.3) is 5.82 Å². The highest BCUT2D eigenvalue weighted by molar-refractivity contribution is 6.61. The summed E-state index contributed by atoms with van der Waals surface area (Å²) in [6, 6.07) is 3.56. The third kappa shape index (κ3) is 2.10. The van der Waals surface area contributed by atoms with Crippen LogP contribution in [0.4, 0.5) is 0 Å². The van der Waals surface area contributed by atoms with Crippen LogP contribution < -0.4 is 5.59 Å². The molecule has 0 amide bonds.